The highest BCUT2D eigenvalue weighted by Crippen LogP contribution is 2.22. The number of nitrogens with zero attached hydrogens (tertiary/aromatic N) is 1. The number of aromatic nitrogens is 1. The third kappa shape index (κ3) is 5.32. The summed E-state index contributed by atoms with van der Waals surface area (Å²) in [4.78, 5) is 26.5. The first kappa shape index (κ1) is 16.7. The van der Waals surface area contributed by atoms with Gasteiger partial charge in [0.05, 0.1) is 16.6 Å². The topological polar surface area (TPSA) is 91.3 Å². The van der Waals surface area contributed by atoms with Gasteiger partial charge in [0, 0.05) is 6.20 Å². The Kier molecular flexibility index (Phi) is 6.70. The highest BCUT2D eigenvalue weighted by atomic mass is 35.5. The van der Waals surface area contributed by atoms with E-state index < -0.39 is 17.9 Å². The molecule has 0 fully saturated rings. The van der Waals surface area contributed by atoms with Gasteiger partial charge in [-0.15, -0.1) is 0 Å². The summed E-state index contributed by atoms with van der Waals surface area (Å²) in [7, 11) is 0. The van der Waals surface area contributed by atoms with Crippen LogP contribution < -0.4 is 10.6 Å². The van der Waals surface area contributed by atoms with Gasteiger partial charge >= 0.3 is 5.97 Å². The molecule has 1 amide bonds. The van der Waals surface area contributed by atoms with Crippen molar-refractivity contribution in [1.82, 2.24) is 10.3 Å². The molecule has 0 aromatic carbocycles. The predicted molar refractivity (Wildman–Crippen MR) is 77.2 cm³/mol. The summed E-state index contributed by atoms with van der Waals surface area (Å²) in [6, 6.07) is 0.704. The van der Waals surface area contributed by atoms with Crippen LogP contribution in [0.25, 0.3) is 0 Å². The van der Waals surface area contributed by atoms with Gasteiger partial charge in [0.15, 0.2) is 5.82 Å². The van der Waals surface area contributed by atoms with Crippen LogP contribution in [0, 0.1) is 0 Å². The van der Waals surface area contributed by atoms with Crippen molar-refractivity contribution in [2.24, 2.45) is 0 Å². The molecule has 0 saturated carbocycles. The van der Waals surface area contributed by atoms with Crippen LogP contribution in [-0.4, -0.2) is 34.6 Å². The summed E-state index contributed by atoms with van der Waals surface area (Å²) >= 11 is 11.5. The minimum Gasteiger partial charge on any atom is -0.480 e. The van der Waals surface area contributed by atoms with E-state index in [-0.39, 0.29) is 17.4 Å². The summed E-state index contributed by atoms with van der Waals surface area (Å²) in [6.07, 6.45) is 2.51. The average molecular weight is 320 g/mol. The van der Waals surface area contributed by atoms with Gasteiger partial charge in [-0.2, -0.15) is 0 Å². The maximum atomic E-state index is 11.7. The maximum Gasteiger partial charge on any atom is 0.320 e. The first-order valence-electron chi connectivity index (χ1n) is 6.01. The van der Waals surface area contributed by atoms with E-state index in [9.17, 15) is 9.59 Å². The molecular weight excluding hydrogens is 305 g/mol. The van der Waals surface area contributed by atoms with Crippen molar-refractivity contribution in [2.75, 3.05) is 11.9 Å². The summed E-state index contributed by atoms with van der Waals surface area (Å²) in [5.41, 5.74) is 0. The number of carboxylic acid groups (broad SMARTS) is 1. The fraction of sp³-hybridized carbons (Fsp3) is 0.417. The Morgan fingerprint density at radius 1 is 1.45 bits per heavy atom. The van der Waals surface area contributed by atoms with Gasteiger partial charge in [-0.1, -0.05) is 36.5 Å². The van der Waals surface area contributed by atoms with E-state index in [1.54, 1.807) is 0 Å². The minimum atomic E-state index is -0.984. The lowest BCUT2D eigenvalue weighted by atomic mass is 10.2. The summed E-state index contributed by atoms with van der Waals surface area (Å²) in [5.74, 6) is -1.23. The number of carboxylic acids is 1. The highest BCUT2D eigenvalue weighted by molar-refractivity contribution is 6.36. The molecule has 0 aliphatic heterocycles. The number of halogens is 2. The lowest BCUT2D eigenvalue weighted by molar-refractivity contribution is -0.139. The third-order valence-electron chi connectivity index (χ3n) is 2.45. The summed E-state index contributed by atoms with van der Waals surface area (Å²) in [5, 5.41) is 14.7. The second kappa shape index (κ2) is 8.04. The van der Waals surface area contributed by atoms with Crippen molar-refractivity contribution >= 4 is 40.9 Å². The molecule has 1 rings (SSSR count). The SMILES string of the molecule is CCCC(NCC(=O)Nc1ncc(Cl)cc1Cl)C(=O)O. The Morgan fingerprint density at radius 3 is 2.70 bits per heavy atom. The molecular formula is C12H15Cl2N3O3. The van der Waals surface area contributed by atoms with Crippen LogP contribution in [0.4, 0.5) is 5.82 Å². The van der Waals surface area contributed by atoms with E-state index in [2.05, 4.69) is 15.6 Å². The van der Waals surface area contributed by atoms with Crippen LogP contribution in [0.5, 0.6) is 0 Å². The number of hydrogen-bond acceptors (Lipinski definition) is 4. The van der Waals surface area contributed by atoms with E-state index in [0.717, 1.165) is 0 Å². The molecule has 0 aliphatic rings. The Bertz CT molecular complexity index is 497. The van der Waals surface area contributed by atoms with Crippen LogP contribution >= 0.6 is 23.2 Å². The van der Waals surface area contributed by atoms with Gasteiger partial charge in [-0.25, -0.2) is 4.98 Å². The average Bonchev–Trinajstić information content (AvgIpc) is 2.37. The van der Waals surface area contributed by atoms with Gasteiger partial charge in [-0.05, 0) is 12.5 Å². The van der Waals surface area contributed by atoms with Crippen molar-refractivity contribution in [3.63, 3.8) is 0 Å². The number of anilines is 1. The van der Waals surface area contributed by atoms with E-state index in [1.165, 1.54) is 12.3 Å². The number of nitrogens with one attached hydrogen (secondary N) is 2. The quantitative estimate of drug-likeness (QED) is 0.716. The first-order valence-corrected chi connectivity index (χ1v) is 6.76. The van der Waals surface area contributed by atoms with E-state index in [1.807, 2.05) is 6.92 Å². The Balaban J connectivity index is 2.53. The molecule has 1 heterocycles. The molecule has 20 heavy (non-hydrogen) atoms. The summed E-state index contributed by atoms with van der Waals surface area (Å²) in [6.45, 7) is 1.73. The molecule has 1 unspecified atom stereocenters. The van der Waals surface area contributed by atoms with Crippen molar-refractivity contribution in [3.05, 3.63) is 22.3 Å². The van der Waals surface area contributed by atoms with Gasteiger partial charge in [0.2, 0.25) is 5.91 Å². The zero-order valence-electron chi connectivity index (χ0n) is 10.8. The van der Waals surface area contributed by atoms with Crippen LogP contribution in [0.2, 0.25) is 10.0 Å². The number of rotatable bonds is 7. The van der Waals surface area contributed by atoms with Crippen LogP contribution in [0.15, 0.2) is 12.3 Å². The molecule has 1 aromatic heterocycles. The molecule has 0 bridgehead atoms. The molecule has 0 saturated heterocycles. The second-order valence-electron chi connectivity index (χ2n) is 4.09. The van der Waals surface area contributed by atoms with Gasteiger partial charge < -0.3 is 10.4 Å². The fourth-order valence-corrected chi connectivity index (χ4v) is 1.93. The molecule has 8 heteroatoms. The van der Waals surface area contributed by atoms with E-state index in [4.69, 9.17) is 28.3 Å². The number of amides is 1. The summed E-state index contributed by atoms with van der Waals surface area (Å²) < 4.78 is 0. The van der Waals surface area contributed by atoms with Gasteiger partial charge in [0.1, 0.15) is 6.04 Å². The van der Waals surface area contributed by atoms with E-state index in [0.29, 0.717) is 17.9 Å². The van der Waals surface area contributed by atoms with Crippen molar-refractivity contribution in [3.8, 4) is 0 Å². The van der Waals surface area contributed by atoms with Crippen molar-refractivity contribution in [1.29, 1.82) is 0 Å². The highest BCUT2D eigenvalue weighted by Gasteiger charge is 2.17. The lowest BCUT2D eigenvalue weighted by Crippen LogP contribution is -2.41. The maximum absolute atomic E-state index is 11.7. The van der Waals surface area contributed by atoms with Crippen LogP contribution in [0.3, 0.4) is 0 Å². The van der Waals surface area contributed by atoms with Gasteiger partial charge in [0.25, 0.3) is 0 Å². The minimum absolute atomic E-state index is 0.141. The first-order chi connectivity index (χ1) is 9.43. The van der Waals surface area contributed by atoms with Gasteiger partial charge in [-0.3, -0.25) is 14.9 Å². The largest absolute Gasteiger partial charge is 0.480 e. The molecule has 6 nitrogen and oxygen atoms in total. The number of carbonyl (C=O) groups excluding carboxylic acids is 1. The molecule has 0 aliphatic carbocycles. The van der Waals surface area contributed by atoms with E-state index >= 15 is 0 Å². The monoisotopic (exact) mass is 319 g/mol. The number of aliphatic carboxylic acids is 1. The Labute approximate surface area is 126 Å². The van der Waals surface area contributed by atoms with Crippen molar-refractivity contribution < 1.29 is 14.7 Å². The predicted octanol–water partition coefficient (Wildman–Crippen LogP) is 2.17. The molecule has 1 atom stereocenters. The number of carbonyl (C=O) groups is 2. The van der Waals surface area contributed by atoms with Crippen molar-refractivity contribution in [2.45, 2.75) is 25.8 Å². The standard InChI is InChI=1S/C12H15Cl2N3O3/c1-2-3-9(12(19)20)15-6-10(18)17-11-8(14)4-7(13)5-16-11/h4-5,9,15H,2-3,6H2,1H3,(H,19,20)(H,16,17,18). The normalized spacial score (nSPS) is 11.9. The Morgan fingerprint density at radius 2 is 2.15 bits per heavy atom. The molecule has 0 radical (unpaired) electrons. The molecule has 110 valence electrons. The second-order valence-corrected chi connectivity index (χ2v) is 4.94. The van der Waals surface area contributed by atoms with Crippen LogP contribution in [-0.2, 0) is 9.59 Å². The molecule has 0 spiro atoms. The zero-order valence-corrected chi connectivity index (χ0v) is 12.3. The molecule has 3 N–H and O–H groups in total. The van der Waals surface area contributed by atoms with Crippen LogP contribution in [0.1, 0.15) is 19.8 Å². The molecule has 1 aromatic rings. The number of pyridine rings is 1. The fourth-order valence-electron chi connectivity index (χ4n) is 1.50. The smallest absolute Gasteiger partial charge is 0.320 e. The Hall–Kier alpha value is -1.37. The zero-order chi connectivity index (χ0) is 15.1. The third-order valence-corrected chi connectivity index (χ3v) is 2.94. The number of hydrogen-bond donors (Lipinski definition) is 3. The lowest BCUT2D eigenvalue weighted by Gasteiger charge is -2.13.